The fourth-order valence-corrected chi connectivity index (χ4v) is 3.29. The molecule has 6 nitrogen and oxygen atoms in total. The van der Waals surface area contributed by atoms with Gasteiger partial charge in [0, 0.05) is 11.3 Å². The summed E-state index contributed by atoms with van der Waals surface area (Å²) in [5, 5.41) is 0. The first-order chi connectivity index (χ1) is 13.6. The molecule has 4 N–H and O–H groups in total. The van der Waals surface area contributed by atoms with Crippen LogP contribution in [-0.4, -0.2) is 18.3 Å². The van der Waals surface area contributed by atoms with Gasteiger partial charge in [0.05, 0.1) is 6.54 Å². The molecule has 0 heterocycles. The van der Waals surface area contributed by atoms with E-state index in [1.807, 2.05) is 12.1 Å². The Kier molecular flexibility index (Phi) is 6.22. The Balaban J connectivity index is 1.70. The fraction of sp³-hybridized carbons (Fsp3) is 0.227. The Morgan fingerprint density at radius 2 is 1.75 bits per heavy atom. The Bertz CT molecular complexity index is 895. The van der Waals surface area contributed by atoms with Gasteiger partial charge >= 0.3 is 0 Å². The van der Waals surface area contributed by atoms with Crippen molar-refractivity contribution in [2.75, 3.05) is 4.90 Å². The number of benzene rings is 2. The first-order valence-electron chi connectivity index (χ1n) is 9.31. The summed E-state index contributed by atoms with van der Waals surface area (Å²) in [6.45, 7) is 0.405. The number of anilines is 1. The van der Waals surface area contributed by atoms with Gasteiger partial charge in [-0.25, -0.2) is 0 Å². The Morgan fingerprint density at radius 3 is 2.32 bits per heavy atom. The Morgan fingerprint density at radius 1 is 1.04 bits per heavy atom. The molecule has 0 aromatic heterocycles. The number of rotatable bonds is 6. The number of carbonyl (C=O) groups excluding carboxylic acids is 2. The third-order valence-corrected chi connectivity index (χ3v) is 4.77. The van der Waals surface area contributed by atoms with Crippen molar-refractivity contribution in [3.8, 4) is 0 Å². The van der Waals surface area contributed by atoms with Gasteiger partial charge in [0.1, 0.15) is 0 Å². The third-order valence-electron chi connectivity index (χ3n) is 4.77. The highest BCUT2D eigenvalue weighted by molar-refractivity contribution is 6.01. The molecule has 1 aliphatic carbocycles. The van der Waals surface area contributed by atoms with E-state index in [2.05, 4.69) is 23.2 Å². The number of nitrogens with two attached hydrogens (primary N) is 2. The van der Waals surface area contributed by atoms with Gasteiger partial charge in [0.25, 0.3) is 5.91 Å². The van der Waals surface area contributed by atoms with Crippen molar-refractivity contribution in [2.24, 2.45) is 16.5 Å². The molecule has 2 aromatic rings. The maximum Gasteiger partial charge on any atom is 0.280 e. The zero-order valence-electron chi connectivity index (χ0n) is 15.7. The van der Waals surface area contributed by atoms with Gasteiger partial charge in [-0.15, -0.1) is 0 Å². The van der Waals surface area contributed by atoms with Gasteiger partial charge in [-0.1, -0.05) is 30.3 Å². The van der Waals surface area contributed by atoms with Gasteiger partial charge in [-0.3, -0.25) is 9.59 Å². The second-order valence-electron chi connectivity index (χ2n) is 6.79. The quantitative estimate of drug-likeness (QED) is 0.459. The Hall–Kier alpha value is -3.41. The van der Waals surface area contributed by atoms with Crippen LogP contribution >= 0.6 is 0 Å². The highest BCUT2D eigenvalue weighted by atomic mass is 16.1. The summed E-state index contributed by atoms with van der Waals surface area (Å²) in [6, 6.07) is 14.9. The third kappa shape index (κ3) is 4.85. The number of aliphatic imine (C=N–C) groups is 1. The van der Waals surface area contributed by atoms with Gasteiger partial charge in [-0.2, -0.15) is 4.99 Å². The lowest BCUT2D eigenvalue weighted by Gasteiger charge is -2.19. The van der Waals surface area contributed by atoms with Gasteiger partial charge in [0.2, 0.25) is 6.41 Å². The molecule has 0 bridgehead atoms. The number of nitrogens with zero attached hydrogens (tertiary/aromatic N) is 2. The lowest BCUT2D eigenvalue weighted by molar-refractivity contribution is -0.107. The van der Waals surface area contributed by atoms with E-state index >= 15 is 0 Å². The summed E-state index contributed by atoms with van der Waals surface area (Å²) >= 11 is 0. The van der Waals surface area contributed by atoms with Crippen molar-refractivity contribution < 1.29 is 9.59 Å². The van der Waals surface area contributed by atoms with Crippen molar-refractivity contribution in [1.82, 2.24) is 0 Å². The van der Waals surface area contributed by atoms with E-state index in [9.17, 15) is 9.59 Å². The molecule has 28 heavy (non-hydrogen) atoms. The van der Waals surface area contributed by atoms with Crippen molar-refractivity contribution in [1.29, 1.82) is 0 Å². The molecule has 0 aliphatic heterocycles. The maximum absolute atomic E-state index is 11.8. The lowest BCUT2D eigenvalue weighted by atomic mass is 9.93. The number of guanidine groups is 1. The number of amides is 2. The van der Waals surface area contributed by atoms with Crippen LogP contribution in [0.5, 0.6) is 0 Å². The standard InChI is InChI=1S/C22H24N4O2/c23-22(24)25-21(28)19-8-6-16(7-9-19)14-26(15-27)20-12-10-18(11-13-20)17-4-2-1-3-5-17/h4,6-13,15H,1-3,5,14H2,(H4,23,24,25,28). The van der Waals surface area contributed by atoms with E-state index in [0.717, 1.165) is 30.5 Å². The molecule has 144 valence electrons. The molecular formula is C22H24N4O2. The molecule has 0 saturated carbocycles. The molecular weight excluding hydrogens is 352 g/mol. The molecule has 1 aliphatic rings. The van der Waals surface area contributed by atoms with E-state index in [1.165, 1.54) is 24.0 Å². The largest absolute Gasteiger partial charge is 0.370 e. The van der Waals surface area contributed by atoms with Crippen LogP contribution < -0.4 is 16.4 Å². The highest BCUT2D eigenvalue weighted by Gasteiger charge is 2.10. The van der Waals surface area contributed by atoms with Crippen LogP contribution in [0.3, 0.4) is 0 Å². The molecule has 2 amide bonds. The van der Waals surface area contributed by atoms with Gasteiger partial charge < -0.3 is 16.4 Å². The predicted octanol–water partition coefficient (Wildman–Crippen LogP) is 3.22. The highest BCUT2D eigenvalue weighted by Crippen LogP contribution is 2.28. The SMILES string of the molecule is NC(N)=NC(=O)c1ccc(CN(C=O)c2ccc(C3=CCCCC3)cc2)cc1. The zero-order valence-corrected chi connectivity index (χ0v) is 15.7. The monoisotopic (exact) mass is 376 g/mol. The van der Waals surface area contributed by atoms with Crippen LogP contribution in [0.25, 0.3) is 5.57 Å². The second-order valence-corrected chi connectivity index (χ2v) is 6.79. The van der Waals surface area contributed by atoms with Crippen LogP contribution in [0.15, 0.2) is 59.6 Å². The minimum Gasteiger partial charge on any atom is -0.370 e. The molecule has 0 atom stereocenters. The van der Waals surface area contributed by atoms with Crippen LogP contribution in [0, 0.1) is 0 Å². The molecule has 0 fully saturated rings. The number of allylic oxidation sites excluding steroid dienone is 2. The average molecular weight is 376 g/mol. The predicted molar refractivity (Wildman–Crippen MR) is 112 cm³/mol. The van der Waals surface area contributed by atoms with Crippen LogP contribution in [-0.2, 0) is 11.3 Å². The average Bonchev–Trinajstić information content (AvgIpc) is 2.73. The Labute approximate surface area is 164 Å². The summed E-state index contributed by atoms with van der Waals surface area (Å²) in [6.07, 6.45) is 7.86. The van der Waals surface area contributed by atoms with Crippen LogP contribution in [0.2, 0.25) is 0 Å². The zero-order chi connectivity index (χ0) is 19.9. The van der Waals surface area contributed by atoms with E-state index in [0.29, 0.717) is 12.1 Å². The first-order valence-corrected chi connectivity index (χ1v) is 9.31. The molecule has 2 aromatic carbocycles. The van der Waals surface area contributed by atoms with Crippen LogP contribution in [0.4, 0.5) is 5.69 Å². The van der Waals surface area contributed by atoms with Gasteiger partial charge in [-0.05, 0) is 66.6 Å². The molecule has 0 radical (unpaired) electrons. The van der Waals surface area contributed by atoms with Crippen molar-refractivity contribution in [3.05, 3.63) is 71.3 Å². The smallest absolute Gasteiger partial charge is 0.280 e. The van der Waals surface area contributed by atoms with Crippen molar-refractivity contribution >= 4 is 29.5 Å². The van der Waals surface area contributed by atoms with Gasteiger partial charge in [0.15, 0.2) is 5.96 Å². The summed E-state index contributed by atoms with van der Waals surface area (Å²) in [7, 11) is 0. The molecule has 3 rings (SSSR count). The van der Waals surface area contributed by atoms with Crippen molar-refractivity contribution in [2.45, 2.75) is 32.2 Å². The minimum atomic E-state index is -0.494. The van der Waals surface area contributed by atoms with E-state index < -0.39 is 5.91 Å². The summed E-state index contributed by atoms with van der Waals surface area (Å²) in [5.41, 5.74) is 15.2. The van der Waals surface area contributed by atoms with E-state index in [4.69, 9.17) is 11.5 Å². The summed E-state index contributed by atoms with van der Waals surface area (Å²) in [4.78, 5) is 28.6. The molecule has 6 heteroatoms. The normalized spacial score (nSPS) is 13.4. The van der Waals surface area contributed by atoms with Crippen molar-refractivity contribution in [3.63, 3.8) is 0 Å². The summed E-state index contributed by atoms with van der Waals surface area (Å²) in [5.74, 6) is -0.764. The number of hydrogen-bond acceptors (Lipinski definition) is 2. The maximum atomic E-state index is 11.8. The first kappa shape index (κ1) is 19.4. The molecule has 0 unspecified atom stereocenters. The summed E-state index contributed by atoms with van der Waals surface area (Å²) < 4.78 is 0. The fourth-order valence-electron chi connectivity index (χ4n) is 3.29. The lowest BCUT2D eigenvalue weighted by Crippen LogP contribution is -2.24. The molecule has 0 saturated heterocycles. The molecule has 0 spiro atoms. The number of hydrogen-bond donors (Lipinski definition) is 2. The van der Waals surface area contributed by atoms with Crippen LogP contribution in [0.1, 0.15) is 47.2 Å². The minimum absolute atomic E-state index is 0.270. The van der Waals surface area contributed by atoms with E-state index in [1.54, 1.807) is 29.2 Å². The van der Waals surface area contributed by atoms with E-state index in [-0.39, 0.29) is 5.96 Å². The number of carbonyl (C=O) groups is 2. The topological polar surface area (TPSA) is 102 Å². The second kappa shape index (κ2) is 8.99.